The van der Waals surface area contributed by atoms with Gasteiger partial charge in [-0.2, -0.15) is 0 Å². The number of hydrogen-bond donors (Lipinski definition) is 1. The summed E-state index contributed by atoms with van der Waals surface area (Å²) in [5.74, 6) is 5.50. The third-order valence-corrected chi connectivity index (χ3v) is 3.14. The Morgan fingerprint density at radius 2 is 2.05 bits per heavy atom. The third-order valence-electron chi connectivity index (χ3n) is 2.81. The van der Waals surface area contributed by atoms with E-state index in [2.05, 4.69) is 22.1 Å². The minimum absolute atomic E-state index is 0.232. The van der Waals surface area contributed by atoms with Crippen molar-refractivity contribution in [3.8, 4) is 11.8 Å². The average Bonchev–Trinajstić information content (AvgIpc) is 2.55. The number of rotatable bonds is 4. The number of pyridine rings is 1. The summed E-state index contributed by atoms with van der Waals surface area (Å²) >= 11 is 5.94. The van der Waals surface area contributed by atoms with Crippen molar-refractivity contribution in [2.24, 2.45) is 0 Å². The summed E-state index contributed by atoms with van der Waals surface area (Å²) in [5, 5.41) is 3.16. The second kappa shape index (κ2) is 8.16. The number of hydrogen-bond acceptors (Lipinski definition) is 2. The first-order valence-corrected chi connectivity index (χ1v) is 7.12. The van der Waals surface area contributed by atoms with Gasteiger partial charge in [-0.1, -0.05) is 35.7 Å². The summed E-state index contributed by atoms with van der Waals surface area (Å²) in [6, 6.07) is 11.9. The molecule has 2 aromatic rings. The van der Waals surface area contributed by atoms with Crippen LogP contribution in [0.1, 0.15) is 28.2 Å². The molecule has 1 aromatic heterocycles. The van der Waals surface area contributed by atoms with E-state index in [1.54, 1.807) is 42.5 Å². The van der Waals surface area contributed by atoms with Gasteiger partial charge in [-0.05, 0) is 30.2 Å². The molecule has 0 aliphatic rings. The van der Waals surface area contributed by atoms with Gasteiger partial charge in [-0.25, -0.2) is 9.37 Å². The van der Waals surface area contributed by atoms with Crippen LogP contribution in [0.3, 0.4) is 0 Å². The summed E-state index contributed by atoms with van der Waals surface area (Å²) in [6.45, 7) is -0.205. The molecule has 3 nitrogen and oxygen atoms in total. The Morgan fingerprint density at radius 3 is 2.82 bits per heavy atom. The van der Waals surface area contributed by atoms with Gasteiger partial charge in [0.2, 0.25) is 0 Å². The molecule has 1 N–H and O–H groups in total. The fourth-order valence-electron chi connectivity index (χ4n) is 1.76. The van der Waals surface area contributed by atoms with Crippen molar-refractivity contribution in [2.75, 3.05) is 6.54 Å². The molecule has 0 fully saturated rings. The topological polar surface area (TPSA) is 42.0 Å². The van der Waals surface area contributed by atoms with E-state index in [1.807, 2.05) is 0 Å². The zero-order chi connectivity index (χ0) is 15.8. The lowest BCUT2D eigenvalue weighted by Crippen LogP contribution is -2.24. The average molecular weight is 317 g/mol. The molecule has 0 bridgehead atoms. The Bertz CT molecular complexity index is 722. The molecule has 5 heteroatoms. The Kier molecular flexibility index (Phi) is 5.93. The van der Waals surface area contributed by atoms with E-state index in [0.29, 0.717) is 34.9 Å². The molecule has 0 atom stereocenters. The zero-order valence-corrected chi connectivity index (χ0v) is 12.5. The van der Waals surface area contributed by atoms with E-state index in [-0.39, 0.29) is 5.91 Å². The van der Waals surface area contributed by atoms with Crippen LogP contribution in [0.25, 0.3) is 0 Å². The Labute approximate surface area is 133 Å². The molecule has 1 amide bonds. The number of aromatic nitrogens is 1. The van der Waals surface area contributed by atoms with E-state index in [4.69, 9.17) is 11.6 Å². The van der Waals surface area contributed by atoms with Crippen molar-refractivity contribution in [2.45, 2.75) is 13.1 Å². The number of nitrogens with zero attached hydrogens (tertiary/aromatic N) is 1. The van der Waals surface area contributed by atoms with Gasteiger partial charge in [0.15, 0.2) is 0 Å². The summed E-state index contributed by atoms with van der Waals surface area (Å²) in [4.78, 5) is 15.9. The number of carbonyl (C=O) groups is 1. The van der Waals surface area contributed by atoms with E-state index in [9.17, 15) is 9.18 Å². The Balaban J connectivity index is 1.84. The second-order valence-corrected chi connectivity index (χ2v) is 4.84. The van der Waals surface area contributed by atoms with Crippen molar-refractivity contribution in [1.82, 2.24) is 10.3 Å². The highest BCUT2D eigenvalue weighted by Crippen LogP contribution is 2.14. The maximum Gasteiger partial charge on any atom is 0.252 e. The van der Waals surface area contributed by atoms with Gasteiger partial charge in [0, 0.05) is 13.0 Å². The van der Waals surface area contributed by atoms with Gasteiger partial charge < -0.3 is 5.32 Å². The summed E-state index contributed by atoms with van der Waals surface area (Å²) < 4.78 is 12.5. The maximum absolute atomic E-state index is 12.5. The third kappa shape index (κ3) is 4.57. The molecule has 0 radical (unpaired) electrons. The minimum Gasteiger partial charge on any atom is -0.351 e. The van der Waals surface area contributed by atoms with Crippen molar-refractivity contribution >= 4 is 17.5 Å². The first kappa shape index (κ1) is 16.0. The lowest BCUT2D eigenvalue weighted by molar-refractivity contribution is 0.0954. The number of benzene rings is 1. The van der Waals surface area contributed by atoms with E-state index >= 15 is 0 Å². The summed E-state index contributed by atoms with van der Waals surface area (Å²) in [5.41, 5.74) is 1.32. The van der Waals surface area contributed by atoms with Crippen molar-refractivity contribution in [3.05, 3.63) is 64.4 Å². The summed E-state index contributed by atoms with van der Waals surface area (Å²) in [7, 11) is 0. The number of halogens is 2. The van der Waals surface area contributed by atoms with Crippen LogP contribution in [-0.4, -0.2) is 17.4 Å². The zero-order valence-electron chi connectivity index (χ0n) is 11.8. The molecule has 0 unspecified atom stereocenters. The summed E-state index contributed by atoms with van der Waals surface area (Å²) in [6.07, 6.45) is 0.470. The standard InChI is InChI=1S/C17H14ClFN2O/c18-16-10-2-1-9-15(16)17(22)20-11-4-3-6-13-7-5-8-14(12-19)21-13/h1-2,5,7-10H,4,11-12H2,(H,20,22). The predicted molar refractivity (Wildman–Crippen MR) is 84.3 cm³/mol. The quantitative estimate of drug-likeness (QED) is 0.694. The number of alkyl halides is 1. The van der Waals surface area contributed by atoms with Crippen LogP contribution in [-0.2, 0) is 6.67 Å². The second-order valence-electron chi connectivity index (χ2n) is 4.44. The molecule has 0 saturated heterocycles. The highest BCUT2D eigenvalue weighted by atomic mass is 35.5. The van der Waals surface area contributed by atoms with Gasteiger partial charge in [-0.15, -0.1) is 0 Å². The number of carbonyl (C=O) groups excluding carboxylic acids is 1. The van der Waals surface area contributed by atoms with E-state index in [0.717, 1.165) is 0 Å². The van der Waals surface area contributed by atoms with Crippen molar-refractivity contribution in [3.63, 3.8) is 0 Å². The molecule has 2 rings (SSSR count). The Hall–Kier alpha value is -2.38. The fourth-order valence-corrected chi connectivity index (χ4v) is 1.98. The van der Waals surface area contributed by atoms with Gasteiger partial charge >= 0.3 is 0 Å². The van der Waals surface area contributed by atoms with E-state index in [1.165, 1.54) is 0 Å². The van der Waals surface area contributed by atoms with Crippen LogP contribution in [0.4, 0.5) is 4.39 Å². The molecule has 0 saturated carbocycles. The molecular weight excluding hydrogens is 303 g/mol. The van der Waals surface area contributed by atoms with Gasteiger partial charge in [0.05, 0.1) is 16.3 Å². The van der Waals surface area contributed by atoms with Crippen molar-refractivity contribution < 1.29 is 9.18 Å². The van der Waals surface area contributed by atoms with Crippen LogP contribution < -0.4 is 5.32 Å². The smallest absolute Gasteiger partial charge is 0.252 e. The van der Waals surface area contributed by atoms with Crippen LogP contribution in [0.5, 0.6) is 0 Å². The number of amides is 1. The highest BCUT2D eigenvalue weighted by Gasteiger charge is 2.07. The normalized spacial score (nSPS) is 9.73. The maximum atomic E-state index is 12.5. The Morgan fingerprint density at radius 1 is 1.23 bits per heavy atom. The van der Waals surface area contributed by atoms with Crippen LogP contribution in [0, 0.1) is 11.8 Å². The number of nitrogens with one attached hydrogen (secondary N) is 1. The highest BCUT2D eigenvalue weighted by molar-refractivity contribution is 6.33. The van der Waals surface area contributed by atoms with Crippen LogP contribution >= 0.6 is 11.6 Å². The molecule has 0 aliphatic heterocycles. The SMILES string of the molecule is O=C(NCCC#Cc1cccc(CF)n1)c1ccccc1Cl. The van der Waals surface area contributed by atoms with Gasteiger partial charge in [0.25, 0.3) is 5.91 Å². The molecule has 112 valence electrons. The molecule has 1 heterocycles. The van der Waals surface area contributed by atoms with E-state index < -0.39 is 6.67 Å². The van der Waals surface area contributed by atoms with Gasteiger partial charge in [-0.3, -0.25) is 4.79 Å². The van der Waals surface area contributed by atoms with Gasteiger partial charge in [0.1, 0.15) is 12.4 Å². The van der Waals surface area contributed by atoms with Crippen LogP contribution in [0.15, 0.2) is 42.5 Å². The molecule has 0 spiro atoms. The van der Waals surface area contributed by atoms with Crippen molar-refractivity contribution in [1.29, 1.82) is 0 Å². The monoisotopic (exact) mass is 316 g/mol. The lowest BCUT2D eigenvalue weighted by atomic mass is 10.2. The van der Waals surface area contributed by atoms with Crippen LogP contribution in [0.2, 0.25) is 5.02 Å². The molecule has 22 heavy (non-hydrogen) atoms. The molecule has 1 aromatic carbocycles. The lowest BCUT2D eigenvalue weighted by Gasteiger charge is -2.04. The first-order valence-electron chi connectivity index (χ1n) is 6.74. The predicted octanol–water partition coefficient (Wildman–Crippen LogP) is 3.38. The minimum atomic E-state index is -0.608. The fraction of sp³-hybridized carbons (Fsp3) is 0.176. The largest absolute Gasteiger partial charge is 0.351 e. The molecule has 0 aliphatic carbocycles. The first-order chi connectivity index (χ1) is 10.7. The molecular formula is C17H14ClFN2O.